The molecule has 0 unspecified atom stereocenters. The van der Waals surface area contributed by atoms with Crippen molar-refractivity contribution in [3.05, 3.63) is 45.2 Å². The van der Waals surface area contributed by atoms with Crippen LogP contribution in [0.25, 0.3) is 0 Å². The zero-order valence-corrected chi connectivity index (χ0v) is 14.9. The zero-order valence-electron chi connectivity index (χ0n) is 13.4. The maximum atomic E-state index is 12.3. The maximum absolute atomic E-state index is 12.3. The normalized spacial score (nSPS) is 10.8. The van der Waals surface area contributed by atoms with Gasteiger partial charge in [-0.05, 0) is 32.9 Å². The molecule has 1 aromatic heterocycles. The molecule has 1 aromatic carbocycles. The molecule has 0 fully saturated rings. The van der Waals surface area contributed by atoms with Crippen molar-refractivity contribution >= 4 is 40.7 Å². The van der Waals surface area contributed by atoms with Crippen LogP contribution in [0.1, 0.15) is 40.4 Å². The summed E-state index contributed by atoms with van der Waals surface area (Å²) >= 11 is 12.0. The summed E-state index contributed by atoms with van der Waals surface area (Å²) in [5, 5.41) is 3.13. The number of amides is 2. The number of aromatic amines is 1. The average Bonchev–Trinajstić information content (AvgIpc) is 2.74. The lowest BCUT2D eigenvalue weighted by molar-refractivity contribution is 0.0993. The van der Waals surface area contributed by atoms with Crippen molar-refractivity contribution in [1.29, 1.82) is 0 Å². The molecule has 128 valence electrons. The molecule has 0 atom stereocenters. The van der Waals surface area contributed by atoms with Crippen LogP contribution in [0.5, 0.6) is 5.75 Å². The molecule has 0 aliphatic rings. The molecule has 24 heavy (non-hydrogen) atoms. The summed E-state index contributed by atoms with van der Waals surface area (Å²) in [5.74, 6) is -0.780. The maximum Gasteiger partial charge on any atom is 0.273 e. The molecular weight excluding hydrogens is 353 g/mol. The van der Waals surface area contributed by atoms with Crippen molar-refractivity contribution in [1.82, 2.24) is 4.98 Å². The summed E-state index contributed by atoms with van der Waals surface area (Å²) in [7, 11) is 0. The van der Waals surface area contributed by atoms with Gasteiger partial charge in [-0.2, -0.15) is 0 Å². The summed E-state index contributed by atoms with van der Waals surface area (Å²) in [4.78, 5) is 26.6. The molecule has 8 heteroatoms. The fraction of sp³-hybridized carbons (Fsp3) is 0.250. The molecule has 0 spiro atoms. The second-order valence-corrected chi connectivity index (χ2v) is 6.20. The Morgan fingerprint density at radius 2 is 1.92 bits per heavy atom. The Morgan fingerprint density at radius 3 is 2.42 bits per heavy atom. The number of hydrogen-bond acceptors (Lipinski definition) is 3. The quantitative estimate of drug-likeness (QED) is 0.747. The third-order valence-corrected chi connectivity index (χ3v) is 4.10. The van der Waals surface area contributed by atoms with E-state index in [9.17, 15) is 9.59 Å². The van der Waals surface area contributed by atoms with Gasteiger partial charge in [-0.3, -0.25) is 9.59 Å². The number of anilines is 1. The Balaban J connectivity index is 2.30. The second kappa shape index (κ2) is 7.15. The van der Waals surface area contributed by atoms with Crippen molar-refractivity contribution < 1.29 is 14.3 Å². The number of nitrogens with one attached hydrogen (secondary N) is 2. The van der Waals surface area contributed by atoms with Crippen molar-refractivity contribution in [2.24, 2.45) is 5.73 Å². The topological polar surface area (TPSA) is 97.2 Å². The van der Waals surface area contributed by atoms with Crippen LogP contribution in [0.15, 0.2) is 18.2 Å². The van der Waals surface area contributed by atoms with E-state index < -0.39 is 11.8 Å². The number of carbonyl (C=O) groups is 2. The third kappa shape index (κ3) is 3.83. The van der Waals surface area contributed by atoms with Crippen molar-refractivity contribution in [3.8, 4) is 5.75 Å². The lowest BCUT2D eigenvalue weighted by Gasteiger charge is -2.14. The van der Waals surface area contributed by atoms with E-state index in [1.807, 2.05) is 13.8 Å². The number of rotatable bonds is 5. The Hall–Kier alpha value is -2.18. The van der Waals surface area contributed by atoms with E-state index in [0.717, 1.165) is 0 Å². The highest BCUT2D eigenvalue weighted by Gasteiger charge is 2.19. The molecule has 2 aromatic rings. The first-order valence-corrected chi connectivity index (χ1v) is 7.91. The number of carbonyl (C=O) groups excluding carboxylic acids is 2. The van der Waals surface area contributed by atoms with E-state index in [-0.39, 0.29) is 22.4 Å². The number of benzene rings is 1. The van der Waals surface area contributed by atoms with Crippen LogP contribution in [0.2, 0.25) is 10.0 Å². The number of ether oxygens (including phenoxy) is 1. The minimum atomic E-state index is -0.613. The number of halogens is 2. The van der Waals surface area contributed by atoms with E-state index in [2.05, 4.69) is 10.3 Å². The van der Waals surface area contributed by atoms with Crippen LogP contribution >= 0.6 is 23.2 Å². The molecule has 2 rings (SSSR count). The number of aromatic nitrogens is 1. The van der Waals surface area contributed by atoms with Crippen LogP contribution in [0.3, 0.4) is 0 Å². The Kier molecular flexibility index (Phi) is 5.41. The molecule has 0 saturated carbocycles. The van der Waals surface area contributed by atoms with Gasteiger partial charge < -0.3 is 20.8 Å². The van der Waals surface area contributed by atoms with Gasteiger partial charge in [0.1, 0.15) is 11.4 Å². The third-order valence-electron chi connectivity index (χ3n) is 3.15. The molecule has 4 N–H and O–H groups in total. The highest BCUT2D eigenvalue weighted by Crippen LogP contribution is 2.30. The highest BCUT2D eigenvalue weighted by molar-refractivity contribution is 6.44. The molecule has 0 bridgehead atoms. The number of primary amides is 1. The fourth-order valence-electron chi connectivity index (χ4n) is 2.08. The number of hydrogen-bond donors (Lipinski definition) is 3. The van der Waals surface area contributed by atoms with Crippen molar-refractivity contribution in [2.75, 3.05) is 5.32 Å². The smallest absolute Gasteiger partial charge is 0.273 e. The van der Waals surface area contributed by atoms with Crippen LogP contribution < -0.4 is 15.8 Å². The molecule has 6 nitrogen and oxygen atoms in total. The largest absolute Gasteiger partial charge is 0.490 e. The molecule has 0 aliphatic heterocycles. The summed E-state index contributed by atoms with van der Waals surface area (Å²) in [6.45, 7) is 5.35. The second-order valence-electron chi connectivity index (χ2n) is 5.45. The average molecular weight is 370 g/mol. The first-order valence-electron chi connectivity index (χ1n) is 7.16. The highest BCUT2D eigenvalue weighted by atomic mass is 35.5. The lowest BCUT2D eigenvalue weighted by Crippen LogP contribution is -2.17. The zero-order chi connectivity index (χ0) is 18.0. The predicted molar refractivity (Wildman–Crippen MR) is 94.2 cm³/mol. The molecular formula is C16H17Cl2N3O3. The van der Waals surface area contributed by atoms with E-state index in [1.165, 1.54) is 12.1 Å². The minimum Gasteiger partial charge on any atom is -0.490 e. The van der Waals surface area contributed by atoms with Crippen LogP contribution in [0, 0.1) is 6.92 Å². The number of aryl methyl sites for hydroxylation is 1. The SMILES string of the molecule is Cc1[nH]c(C(=O)Nc2ccc(C(N)=O)c(OC(C)C)c2)c(Cl)c1Cl. The van der Waals surface area contributed by atoms with Crippen molar-refractivity contribution in [3.63, 3.8) is 0 Å². The van der Waals surface area contributed by atoms with Gasteiger partial charge in [0.25, 0.3) is 11.8 Å². The molecule has 0 aliphatic carbocycles. The monoisotopic (exact) mass is 369 g/mol. The number of H-pyrrole nitrogens is 1. The van der Waals surface area contributed by atoms with Crippen LogP contribution in [-0.2, 0) is 0 Å². The van der Waals surface area contributed by atoms with E-state index in [1.54, 1.807) is 13.0 Å². The van der Waals surface area contributed by atoms with Gasteiger partial charge in [-0.15, -0.1) is 0 Å². The molecule has 0 saturated heterocycles. The first-order chi connectivity index (χ1) is 11.2. The summed E-state index contributed by atoms with van der Waals surface area (Å²) in [6.07, 6.45) is -0.159. The Bertz CT molecular complexity index is 800. The van der Waals surface area contributed by atoms with Gasteiger partial charge in [-0.25, -0.2) is 0 Å². The van der Waals surface area contributed by atoms with Crippen molar-refractivity contribution in [2.45, 2.75) is 26.9 Å². The van der Waals surface area contributed by atoms with Gasteiger partial charge in [0.05, 0.1) is 21.7 Å². The Labute approximate surface area is 149 Å². The Morgan fingerprint density at radius 1 is 1.25 bits per heavy atom. The predicted octanol–water partition coefficient (Wildman–Crippen LogP) is 3.77. The molecule has 1 heterocycles. The lowest BCUT2D eigenvalue weighted by atomic mass is 10.1. The van der Waals surface area contributed by atoms with Crippen LogP contribution in [0.4, 0.5) is 5.69 Å². The molecule has 2 amide bonds. The standard InChI is InChI=1S/C16H17Cl2N3O3/c1-7(2)24-11-6-9(4-5-10(11)15(19)22)21-16(23)14-13(18)12(17)8(3)20-14/h4-7,20H,1-3H3,(H2,19,22)(H,21,23). The summed E-state index contributed by atoms with van der Waals surface area (Å²) in [6, 6.07) is 4.57. The fourth-order valence-corrected chi connectivity index (χ4v) is 2.49. The summed E-state index contributed by atoms with van der Waals surface area (Å²) < 4.78 is 5.57. The number of nitrogens with two attached hydrogens (primary N) is 1. The molecule has 0 radical (unpaired) electrons. The van der Waals surface area contributed by atoms with Gasteiger partial charge in [-0.1, -0.05) is 23.2 Å². The van der Waals surface area contributed by atoms with Gasteiger partial charge in [0.2, 0.25) is 0 Å². The van der Waals surface area contributed by atoms with E-state index in [4.69, 9.17) is 33.7 Å². The van der Waals surface area contributed by atoms with Gasteiger partial charge in [0, 0.05) is 17.4 Å². The van der Waals surface area contributed by atoms with Crippen LogP contribution in [-0.4, -0.2) is 22.9 Å². The van der Waals surface area contributed by atoms with E-state index in [0.29, 0.717) is 22.2 Å². The van der Waals surface area contributed by atoms with E-state index >= 15 is 0 Å². The first kappa shape index (κ1) is 18.2. The minimum absolute atomic E-state index is 0.152. The van der Waals surface area contributed by atoms with Gasteiger partial charge in [0.15, 0.2) is 0 Å². The van der Waals surface area contributed by atoms with Gasteiger partial charge >= 0.3 is 0 Å². The summed E-state index contributed by atoms with van der Waals surface area (Å²) in [5.41, 5.74) is 6.75.